The average molecular weight is 247 g/mol. The monoisotopic (exact) mass is 247 g/mol. The van der Waals surface area contributed by atoms with E-state index in [1.807, 2.05) is 0 Å². The van der Waals surface area contributed by atoms with Crippen LogP contribution in [0, 0.1) is 0 Å². The minimum Gasteiger partial charge on any atom is -0.491 e. The van der Waals surface area contributed by atoms with Gasteiger partial charge in [-0.2, -0.15) is 0 Å². The minimum atomic E-state index is 0.256. The number of hydrogen-bond acceptors (Lipinski definition) is 2. The number of aryl methyl sites for hydroxylation is 1. The number of rotatable bonds is 6. The molecule has 1 aliphatic rings. The topological polar surface area (TPSA) is 12.5 Å². The Morgan fingerprint density at radius 3 is 2.39 bits per heavy atom. The normalized spacial score (nSPS) is 16.4. The van der Waals surface area contributed by atoms with E-state index in [0.717, 1.165) is 5.75 Å². The molecule has 0 aliphatic carbocycles. The molecule has 2 nitrogen and oxygen atoms in total. The predicted molar refractivity (Wildman–Crippen MR) is 76.2 cm³/mol. The first-order valence-electron chi connectivity index (χ1n) is 7.22. The van der Waals surface area contributed by atoms with Gasteiger partial charge in [0.15, 0.2) is 0 Å². The van der Waals surface area contributed by atoms with E-state index >= 15 is 0 Å². The summed E-state index contributed by atoms with van der Waals surface area (Å²) in [6.45, 7) is 7.99. The number of hydrogen-bond donors (Lipinski definition) is 0. The fourth-order valence-corrected chi connectivity index (χ4v) is 2.52. The van der Waals surface area contributed by atoms with Crippen molar-refractivity contribution in [3.63, 3.8) is 0 Å². The van der Waals surface area contributed by atoms with Crippen molar-refractivity contribution in [1.29, 1.82) is 0 Å². The molecule has 2 heteroatoms. The Morgan fingerprint density at radius 1 is 1.11 bits per heavy atom. The lowest BCUT2D eigenvalue weighted by Gasteiger charge is -2.14. The third-order valence-electron chi connectivity index (χ3n) is 3.43. The summed E-state index contributed by atoms with van der Waals surface area (Å²) in [6.07, 6.45) is 5.48. The van der Waals surface area contributed by atoms with E-state index in [4.69, 9.17) is 4.74 Å². The Hall–Kier alpha value is -1.02. The SMILES string of the molecule is CC(C)Oc1ccc(CCCN2CCCC2)cc1. The van der Waals surface area contributed by atoms with Gasteiger partial charge in [-0.15, -0.1) is 0 Å². The molecule has 1 aliphatic heterocycles. The fourth-order valence-electron chi connectivity index (χ4n) is 2.52. The van der Waals surface area contributed by atoms with Crippen molar-refractivity contribution in [3.8, 4) is 5.75 Å². The van der Waals surface area contributed by atoms with E-state index in [0.29, 0.717) is 0 Å². The summed E-state index contributed by atoms with van der Waals surface area (Å²) in [6, 6.07) is 8.57. The first-order chi connectivity index (χ1) is 8.74. The molecule has 0 saturated carbocycles. The standard InChI is InChI=1S/C16H25NO/c1-14(2)18-16-9-7-15(8-10-16)6-5-13-17-11-3-4-12-17/h7-10,14H,3-6,11-13H2,1-2H3. The predicted octanol–water partition coefficient (Wildman–Crippen LogP) is 3.50. The maximum Gasteiger partial charge on any atom is 0.119 e. The van der Waals surface area contributed by atoms with Crippen LogP contribution in [0.2, 0.25) is 0 Å². The Balaban J connectivity index is 1.72. The van der Waals surface area contributed by atoms with Gasteiger partial charge in [0.1, 0.15) is 5.75 Å². The molecular weight excluding hydrogens is 222 g/mol. The molecule has 0 radical (unpaired) electrons. The summed E-state index contributed by atoms with van der Waals surface area (Å²) in [5.41, 5.74) is 1.42. The number of likely N-dealkylation sites (tertiary alicyclic amines) is 1. The molecule has 0 spiro atoms. The van der Waals surface area contributed by atoms with Crippen molar-refractivity contribution in [2.45, 2.75) is 45.6 Å². The van der Waals surface area contributed by atoms with Crippen molar-refractivity contribution >= 4 is 0 Å². The lowest BCUT2D eigenvalue weighted by atomic mass is 10.1. The minimum absolute atomic E-state index is 0.256. The lowest BCUT2D eigenvalue weighted by molar-refractivity contribution is 0.242. The zero-order valence-corrected chi connectivity index (χ0v) is 11.7. The van der Waals surface area contributed by atoms with Gasteiger partial charge in [0.2, 0.25) is 0 Å². The molecule has 0 unspecified atom stereocenters. The molecule has 1 aromatic carbocycles. The molecule has 0 N–H and O–H groups in total. The van der Waals surface area contributed by atoms with Crippen molar-refractivity contribution in [1.82, 2.24) is 4.90 Å². The number of ether oxygens (including phenoxy) is 1. The lowest BCUT2D eigenvalue weighted by Crippen LogP contribution is -2.20. The molecule has 100 valence electrons. The van der Waals surface area contributed by atoms with Gasteiger partial charge in [-0.25, -0.2) is 0 Å². The zero-order valence-electron chi connectivity index (χ0n) is 11.7. The summed E-state index contributed by atoms with van der Waals surface area (Å²) in [5, 5.41) is 0. The molecule has 0 atom stereocenters. The Labute approximate surface area is 111 Å². The molecule has 18 heavy (non-hydrogen) atoms. The van der Waals surface area contributed by atoms with Crippen LogP contribution in [0.3, 0.4) is 0 Å². The highest BCUT2D eigenvalue weighted by atomic mass is 16.5. The van der Waals surface area contributed by atoms with Gasteiger partial charge >= 0.3 is 0 Å². The summed E-state index contributed by atoms with van der Waals surface area (Å²) in [7, 11) is 0. The second-order valence-electron chi connectivity index (χ2n) is 5.46. The molecule has 0 aromatic heterocycles. The zero-order chi connectivity index (χ0) is 12.8. The second-order valence-corrected chi connectivity index (χ2v) is 5.46. The van der Waals surface area contributed by atoms with Crippen LogP contribution in [-0.4, -0.2) is 30.6 Å². The van der Waals surface area contributed by atoms with Gasteiger partial charge in [-0.3, -0.25) is 0 Å². The van der Waals surface area contributed by atoms with Crippen LogP contribution in [0.25, 0.3) is 0 Å². The van der Waals surface area contributed by atoms with Gasteiger partial charge in [0, 0.05) is 0 Å². The van der Waals surface area contributed by atoms with Gasteiger partial charge in [-0.1, -0.05) is 12.1 Å². The van der Waals surface area contributed by atoms with Crippen molar-refractivity contribution in [3.05, 3.63) is 29.8 Å². The second kappa shape index (κ2) is 6.79. The Morgan fingerprint density at radius 2 is 1.78 bits per heavy atom. The Bertz CT molecular complexity index is 339. The third-order valence-corrected chi connectivity index (χ3v) is 3.43. The summed E-state index contributed by atoms with van der Waals surface area (Å²) >= 11 is 0. The van der Waals surface area contributed by atoms with Crippen LogP contribution in [0.1, 0.15) is 38.7 Å². The van der Waals surface area contributed by atoms with Crippen LogP contribution in [0.15, 0.2) is 24.3 Å². The van der Waals surface area contributed by atoms with Crippen LogP contribution >= 0.6 is 0 Å². The van der Waals surface area contributed by atoms with Gasteiger partial charge in [0.25, 0.3) is 0 Å². The van der Waals surface area contributed by atoms with Gasteiger partial charge < -0.3 is 9.64 Å². The molecule has 1 fully saturated rings. The van der Waals surface area contributed by atoms with Crippen LogP contribution in [-0.2, 0) is 6.42 Å². The van der Waals surface area contributed by atoms with Crippen LogP contribution in [0.5, 0.6) is 5.75 Å². The molecule has 2 rings (SSSR count). The average Bonchev–Trinajstić information content (AvgIpc) is 2.84. The first-order valence-corrected chi connectivity index (χ1v) is 7.22. The van der Waals surface area contributed by atoms with Crippen LogP contribution in [0.4, 0.5) is 0 Å². The summed E-state index contributed by atoms with van der Waals surface area (Å²) < 4.78 is 5.65. The number of nitrogens with zero attached hydrogens (tertiary/aromatic N) is 1. The summed E-state index contributed by atoms with van der Waals surface area (Å²) in [4.78, 5) is 2.58. The van der Waals surface area contributed by atoms with Crippen molar-refractivity contribution in [2.75, 3.05) is 19.6 Å². The fraction of sp³-hybridized carbons (Fsp3) is 0.625. The van der Waals surface area contributed by atoms with Crippen molar-refractivity contribution in [2.24, 2.45) is 0 Å². The molecule has 0 bridgehead atoms. The van der Waals surface area contributed by atoms with E-state index < -0.39 is 0 Å². The van der Waals surface area contributed by atoms with E-state index in [9.17, 15) is 0 Å². The molecule has 0 amide bonds. The molecular formula is C16H25NO. The smallest absolute Gasteiger partial charge is 0.119 e. The van der Waals surface area contributed by atoms with E-state index in [2.05, 4.69) is 43.0 Å². The molecule has 1 heterocycles. The first kappa shape index (κ1) is 13.4. The summed E-state index contributed by atoms with van der Waals surface area (Å²) in [5.74, 6) is 0.980. The van der Waals surface area contributed by atoms with Gasteiger partial charge in [0.05, 0.1) is 6.10 Å². The largest absolute Gasteiger partial charge is 0.491 e. The molecule has 1 aromatic rings. The highest BCUT2D eigenvalue weighted by Gasteiger charge is 2.10. The van der Waals surface area contributed by atoms with Gasteiger partial charge in [-0.05, 0) is 76.9 Å². The van der Waals surface area contributed by atoms with E-state index in [1.54, 1.807) is 0 Å². The highest BCUT2D eigenvalue weighted by molar-refractivity contribution is 5.27. The maximum atomic E-state index is 5.65. The third kappa shape index (κ3) is 4.34. The number of benzene rings is 1. The van der Waals surface area contributed by atoms with Crippen molar-refractivity contribution < 1.29 is 4.74 Å². The Kier molecular flexibility index (Phi) is 5.06. The highest BCUT2D eigenvalue weighted by Crippen LogP contribution is 2.15. The van der Waals surface area contributed by atoms with Crippen LogP contribution < -0.4 is 4.74 Å². The van der Waals surface area contributed by atoms with E-state index in [-0.39, 0.29) is 6.10 Å². The quantitative estimate of drug-likeness (QED) is 0.763. The maximum absolute atomic E-state index is 5.65. The molecule has 1 saturated heterocycles. The van der Waals surface area contributed by atoms with E-state index in [1.165, 1.54) is 50.9 Å².